The van der Waals surface area contributed by atoms with E-state index in [-0.39, 0.29) is 11.8 Å². The van der Waals surface area contributed by atoms with Crippen LogP contribution in [0.25, 0.3) is 0 Å². The van der Waals surface area contributed by atoms with Crippen LogP contribution in [0.3, 0.4) is 0 Å². The average Bonchev–Trinajstić information content (AvgIpc) is 2.46. The molecule has 0 amide bonds. The second-order valence-corrected chi connectivity index (χ2v) is 8.09. The van der Waals surface area contributed by atoms with Gasteiger partial charge in [0.05, 0.1) is 5.75 Å². The molecule has 0 aromatic heterocycles. The van der Waals surface area contributed by atoms with Gasteiger partial charge in [0.1, 0.15) is 0 Å². The van der Waals surface area contributed by atoms with Crippen molar-refractivity contribution in [1.29, 1.82) is 0 Å². The van der Waals surface area contributed by atoms with Crippen LogP contribution in [0.5, 0.6) is 0 Å². The maximum Gasteiger partial charge on any atom is 0.213 e. The Balaban J connectivity index is 1.86. The van der Waals surface area contributed by atoms with E-state index in [0.29, 0.717) is 6.54 Å². The summed E-state index contributed by atoms with van der Waals surface area (Å²) in [6.45, 7) is 6.15. The van der Waals surface area contributed by atoms with Crippen LogP contribution < -0.4 is 10.0 Å². The fraction of sp³-hybridized carbons (Fsp3) is 0.571. The van der Waals surface area contributed by atoms with Crippen LogP contribution >= 0.6 is 15.9 Å². The fourth-order valence-electron chi connectivity index (χ4n) is 2.33. The number of rotatable bonds is 6. The number of hydrogen-bond acceptors (Lipinski definition) is 4. The Morgan fingerprint density at radius 2 is 1.90 bits per heavy atom. The van der Waals surface area contributed by atoms with Gasteiger partial charge in [0.25, 0.3) is 0 Å². The molecular weight excluding hydrogens is 354 g/mol. The third-order valence-corrected chi connectivity index (χ3v) is 5.57. The zero-order valence-corrected chi connectivity index (χ0v) is 14.6. The highest BCUT2D eigenvalue weighted by atomic mass is 79.9. The summed E-state index contributed by atoms with van der Waals surface area (Å²) in [6.07, 6.45) is 0. The van der Waals surface area contributed by atoms with Crippen LogP contribution in [-0.4, -0.2) is 51.8 Å². The molecule has 5 nitrogen and oxygen atoms in total. The Labute approximate surface area is 135 Å². The molecule has 1 saturated heterocycles. The van der Waals surface area contributed by atoms with Crippen molar-refractivity contribution < 1.29 is 8.42 Å². The molecule has 0 aliphatic carbocycles. The Hall–Kier alpha value is -0.470. The highest BCUT2D eigenvalue weighted by Crippen LogP contribution is 2.17. The Morgan fingerprint density at radius 3 is 2.52 bits per heavy atom. The van der Waals surface area contributed by atoms with E-state index in [2.05, 4.69) is 30.9 Å². The van der Waals surface area contributed by atoms with Gasteiger partial charge in [0.2, 0.25) is 10.0 Å². The van der Waals surface area contributed by atoms with Crippen LogP contribution in [-0.2, 0) is 10.0 Å². The van der Waals surface area contributed by atoms with Crippen LogP contribution in [0.2, 0.25) is 0 Å². The van der Waals surface area contributed by atoms with Crippen LogP contribution in [0.15, 0.2) is 28.7 Å². The third kappa shape index (κ3) is 5.67. The Kier molecular flexibility index (Phi) is 6.19. The van der Waals surface area contributed by atoms with E-state index < -0.39 is 10.0 Å². The van der Waals surface area contributed by atoms with E-state index in [0.717, 1.165) is 36.2 Å². The second-order valence-electron chi connectivity index (χ2n) is 5.30. The summed E-state index contributed by atoms with van der Waals surface area (Å²) in [7, 11) is -3.26. The summed E-state index contributed by atoms with van der Waals surface area (Å²) in [5, 5.41) is 3.26. The number of halogens is 1. The highest BCUT2D eigenvalue weighted by Gasteiger charge is 2.18. The molecule has 1 aliphatic heterocycles. The number of hydrogen-bond donors (Lipinski definition) is 2. The van der Waals surface area contributed by atoms with Crippen molar-refractivity contribution in [3.63, 3.8) is 0 Å². The molecule has 0 saturated carbocycles. The summed E-state index contributed by atoms with van der Waals surface area (Å²) < 4.78 is 28.1. The molecule has 1 aromatic carbocycles. The molecule has 0 spiro atoms. The molecule has 0 bridgehead atoms. The van der Waals surface area contributed by atoms with Gasteiger partial charge >= 0.3 is 0 Å². The number of nitrogens with zero attached hydrogens (tertiary/aromatic N) is 1. The molecule has 7 heteroatoms. The van der Waals surface area contributed by atoms with Crippen LogP contribution in [0.1, 0.15) is 18.5 Å². The molecule has 0 radical (unpaired) electrons. The predicted octanol–water partition coefficient (Wildman–Crippen LogP) is 1.33. The lowest BCUT2D eigenvalue weighted by Gasteiger charge is -2.27. The number of sulfonamides is 1. The molecule has 118 valence electrons. The monoisotopic (exact) mass is 375 g/mol. The van der Waals surface area contributed by atoms with Crippen LogP contribution in [0, 0.1) is 0 Å². The largest absolute Gasteiger partial charge is 0.314 e. The van der Waals surface area contributed by atoms with E-state index in [1.54, 1.807) is 0 Å². The normalized spacial score (nSPS) is 18.6. The maximum atomic E-state index is 12.2. The zero-order valence-electron chi connectivity index (χ0n) is 12.2. The predicted molar refractivity (Wildman–Crippen MR) is 88.8 cm³/mol. The van der Waals surface area contributed by atoms with Gasteiger partial charge in [-0.05, 0) is 24.6 Å². The highest BCUT2D eigenvalue weighted by molar-refractivity contribution is 9.10. The van der Waals surface area contributed by atoms with E-state index in [9.17, 15) is 8.42 Å². The minimum absolute atomic E-state index is 0.147. The lowest BCUT2D eigenvalue weighted by atomic mass is 10.1. The Bertz CT molecular complexity index is 542. The first-order valence-electron chi connectivity index (χ1n) is 7.15. The van der Waals surface area contributed by atoms with Crippen molar-refractivity contribution in [1.82, 2.24) is 14.9 Å². The van der Waals surface area contributed by atoms with E-state index in [1.807, 2.05) is 31.2 Å². The topological polar surface area (TPSA) is 61.4 Å². The van der Waals surface area contributed by atoms with E-state index in [4.69, 9.17) is 0 Å². The fourth-order valence-corrected chi connectivity index (χ4v) is 3.89. The molecule has 1 unspecified atom stereocenters. The molecule has 1 atom stereocenters. The average molecular weight is 376 g/mol. The number of nitrogens with one attached hydrogen (secondary N) is 2. The number of piperazine rings is 1. The van der Waals surface area contributed by atoms with Gasteiger partial charge < -0.3 is 5.32 Å². The first-order chi connectivity index (χ1) is 9.96. The minimum atomic E-state index is -3.26. The molecule has 1 aliphatic rings. The lowest BCUT2D eigenvalue weighted by Crippen LogP contribution is -2.46. The van der Waals surface area contributed by atoms with Crippen molar-refractivity contribution in [2.75, 3.05) is 38.5 Å². The molecule has 1 aromatic rings. The Morgan fingerprint density at radius 1 is 1.29 bits per heavy atom. The first kappa shape index (κ1) is 16.9. The van der Waals surface area contributed by atoms with E-state index >= 15 is 0 Å². The van der Waals surface area contributed by atoms with E-state index in [1.165, 1.54) is 0 Å². The van der Waals surface area contributed by atoms with Gasteiger partial charge in [-0.1, -0.05) is 28.1 Å². The summed E-state index contributed by atoms with van der Waals surface area (Å²) >= 11 is 3.38. The molecule has 1 fully saturated rings. The smallest absolute Gasteiger partial charge is 0.213 e. The van der Waals surface area contributed by atoms with Gasteiger partial charge in [0.15, 0.2) is 0 Å². The summed E-state index contributed by atoms with van der Waals surface area (Å²) in [4.78, 5) is 2.18. The van der Waals surface area contributed by atoms with Gasteiger partial charge in [-0.25, -0.2) is 13.1 Å². The van der Waals surface area contributed by atoms with Gasteiger partial charge in [-0.2, -0.15) is 0 Å². The summed E-state index contributed by atoms with van der Waals surface area (Å²) in [5.74, 6) is 0.147. The zero-order chi connectivity index (χ0) is 15.3. The quantitative estimate of drug-likeness (QED) is 0.787. The summed E-state index contributed by atoms with van der Waals surface area (Å²) in [5.41, 5.74) is 0.962. The van der Waals surface area contributed by atoms with Crippen molar-refractivity contribution in [3.05, 3.63) is 34.3 Å². The lowest BCUT2D eigenvalue weighted by molar-refractivity contribution is 0.253. The SMILES string of the molecule is CC(NS(=O)(=O)CCN1CCNCC1)c1ccc(Br)cc1. The van der Waals surface area contributed by atoms with Gasteiger partial charge in [-0.3, -0.25) is 4.90 Å². The van der Waals surface area contributed by atoms with Crippen molar-refractivity contribution in [2.24, 2.45) is 0 Å². The van der Waals surface area contributed by atoms with Crippen LogP contribution in [0.4, 0.5) is 0 Å². The molecule has 21 heavy (non-hydrogen) atoms. The van der Waals surface area contributed by atoms with Gasteiger partial charge in [0, 0.05) is 43.2 Å². The molecular formula is C14H22BrN3O2S. The summed E-state index contributed by atoms with van der Waals surface area (Å²) in [6, 6.07) is 7.47. The third-order valence-electron chi connectivity index (χ3n) is 3.61. The van der Waals surface area contributed by atoms with Crippen molar-refractivity contribution >= 4 is 26.0 Å². The standard InChI is InChI=1S/C14H22BrN3O2S/c1-12(13-2-4-14(15)5-3-13)17-21(19,20)11-10-18-8-6-16-7-9-18/h2-5,12,16-17H,6-11H2,1H3. The minimum Gasteiger partial charge on any atom is -0.314 e. The molecule has 1 heterocycles. The number of benzene rings is 1. The first-order valence-corrected chi connectivity index (χ1v) is 9.59. The van der Waals surface area contributed by atoms with Crippen molar-refractivity contribution in [2.45, 2.75) is 13.0 Å². The van der Waals surface area contributed by atoms with Gasteiger partial charge in [-0.15, -0.1) is 0 Å². The second kappa shape index (κ2) is 7.69. The maximum absolute atomic E-state index is 12.2. The molecule has 2 rings (SSSR count). The molecule has 2 N–H and O–H groups in total. The van der Waals surface area contributed by atoms with Crippen molar-refractivity contribution in [3.8, 4) is 0 Å².